The molecule has 0 spiro atoms. The molecule has 0 bridgehead atoms. The summed E-state index contributed by atoms with van der Waals surface area (Å²) in [7, 11) is 0. The fourth-order valence-corrected chi connectivity index (χ4v) is 3.68. The third kappa shape index (κ3) is 4.85. The Balaban J connectivity index is 1.56. The molecule has 0 radical (unpaired) electrons. The predicted molar refractivity (Wildman–Crippen MR) is 106 cm³/mol. The maximum atomic E-state index is 12.4. The van der Waals surface area contributed by atoms with E-state index in [1.165, 1.54) is 0 Å². The van der Waals surface area contributed by atoms with Gasteiger partial charge in [-0.3, -0.25) is 9.59 Å². The minimum absolute atomic E-state index is 0.107. The number of piperidine rings is 1. The summed E-state index contributed by atoms with van der Waals surface area (Å²) in [5.41, 5.74) is 1.40. The molecule has 0 aliphatic carbocycles. The third-order valence-electron chi connectivity index (χ3n) is 4.97. The molecule has 146 valence electrons. The van der Waals surface area contributed by atoms with Crippen molar-refractivity contribution in [3.8, 4) is 0 Å². The Morgan fingerprint density at radius 3 is 2.00 bits per heavy atom. The fourth-order valence-electron chi connectivity index (χ4n) is 3.68. The number of esters is 1. The molecule has 1 fully saturated rings. The zero-order valence-corrected chi connectivity index (χ0v) is 16.3. The number of hydrogen-bond donors (Lipinski definition) is 0. The Hall–Kier alpha value is -2.95. The molecule has 0 saturated carbocycles. The summed E-state index contributed by atoms with van der Waals surface area (Å²) in [6, 6.07) is 15.3. The van der Waals surface area contributed by atoms with Crippen LogP contribution >= 0.6 is 0 Å². The summed E-state index contributed by atoms with van der Waals surface area (Å²) in [4.78, 5) is 38.7. The smallest absolute Gasteiger partial charge is 0.338 e. The van der Waals surface area contributed by atoms with Crippen LogP contribution < -0.4 is 0 Å². The van der Waals surface area contributed by atoms with Crippen molar-refractivity contribution in [2.45, 2.75) is 20.3 Å². The molecule has 0 N–H and O–H groups in total. The van der Waals surface area contributed by atoms with E-state index < -0.39 is 5.97 Å². The SMILES string of the molecule is C[C@@H]1C[C@@H](C)CN(C(=O)COC(=O)c2ccc(C(=O)c3ccccc3)cc2)C1. The first kappa shape index (κ1) is 19.8. The zero-order valence-electron chi connectivity index (χ0n) is 16.3. The predicted octanol–water partition coefficient (Wildman–Crippen LogP) is 3.58. The Kier molecular flexibility index (Phi) is 6.24. The number of benzene rings is 2. The number of nitrogens with zero attached hydrogens (tertiary/aromatic N) is 1. The van der Waals surface area contributed by atoms with Gasteiger partial charge in [0.05, 0.1) is 5.56 Å². The molecule has 28 heavy (non-hydrogen) atoms. The Morgan fingerprint density at radius 1 is 0.857 bits per heavy atom. The van der Waals surface area contributed by atoms with E-state index in [1.807, 2.05) is 6.07 Å². The van der Waals surface area contributed by atoms with E-state index in [-0.39, 0.29) is 18.3 Å². The molecule has 2 aromatic carbocycles. The van der Waals surface area contributed by atoms with Crippen molar-refractivity contribution >= 4 is 17.7 Å². The molecule has 0 aromatic heterocycles. The van der Waals surface area contributed by atoms with Crippen LogP contribution in [0.5, 0.6) is 0 Å². The van der Waals surface area contributed by atoms with Gasteiger partial charge in [0.2, 0.25) is 0 Å². The maximum Gasteiger partial charge on any atom is 0.338 e. The van der Waals surface area contributed by atoms with Crippen LogP contribution in [0.3, 0.4) is 0 Å². The first-order valence-electron chi connectivity index (χ1n) is 9.58. The third-order valence-corrected chi connectivity index (χ3v) is 4.97. The van der Waals surface area contributed by atoms with Crippen molar-refractivity contribution in [3.05, 3.63) is 71.3 Å². The van der Waals surface area contributed by atoms with E-state index in [9.17, 15) is 14.4 Å². The molecule has 2 aromatic rings. The van der Waals surface area contributed by atoms with Gasteiger partial charge < -0.3 is 9.64 Å². The van der Waals surface area contributed by atoms with E-state index in [0.717, 1.165) is 6.42 Å². The highest BCUT2D eigenvalue weighted by Crippen LogP contribution is 2.21. The van der Waals surface area contributed by atoms with E-state index >= 15 is 0 Å². The number of hydrogen-bond acceptors (Lipinski definition) is 4. The molecule has 1 aliphatic rings. The van der Waals surface area contributed by atoms with Gasteiger partial charge >= 0.3 is 5.97 Å². The summed E-state index contributed by atoms with van der Waals surface area (Å²) in [6.07, 6.45) is 1.11. The van der Waals surface area contributed by atoms with Gasteiger partial charge in [-0.15, -0.1) is 0 Å². The second-order valence-electron chi connectivity index (χ2n) is 7.59. The van der Waals surface area contributed by atoms with E-state index in [2.05, 4.69) is 13.8 Å². The molecular weight excluding hydrogens is 354 g/mol. The summed E-state index contributed by atoms with van der Waals surface area (Å²) in [5, 5.41) is 0. The van der Waals surface area contributed by atoms with Crippen molar-refractivity contribution in [3.63, 3.8) is 0 Å². The topological polar surface area (TPSA) is 63.7 Å². The van der Waals surface area contributed by atoms with Gasteiger partial charge in [-0.05, 0) is 30.4 Å². The van der Waals surface area contributed by atoms with Crippen LogP contribution in [-0.2, 0) is 9.53 Å². The Labute approximate surface area is 165 Å². The molecule has 0 unspecified atom stereocenters. The zero-order chi connectivity index (χ0) is 20.1. The lowest BCUT2D eigenvalue weighted by atomic mass is 9.92. The van der Waals surface area contributed by atoms with Crippen LogP contribution in [0.15, 0.2) is 54.6 Å². The van der Waals surface area contributed by atoms with Crippen LogP contribution in [0.25, 0.3) is 0 Å². The molecule has 1 saturated heterocycles. The number of carbonyl (C=O) groups excluding carboxylic acids is 3. The minimum Gasteiger partial charge on any atom is -0.452 e. The number of carbonyl (C=O) groups is 3. The molecule has 3 rings (SSSR count). The van der Waals surface area contributed by atoms with Gasteiger partial charge in [0.1, 0.15) is 0 Å². The van der Waals surface area contributed by atoms with E-state index in [1.54, 1.807) is 53.4 Å². The van der Waals surface area contributed by atoms with Gasteiger partial charge in [0.15, 0.2) is 12.4 Å². The lowest BCUT2D eigenvalue weighted by Gasteiger charge is -2.34. The largest absolute Gasteiger partial charge is 0.452 e. The summed E-state index contributed by atoms with van der Waals surface area (Å²) < 4.78 is 5.18. The highest BCUT2D eigenvalue weighted by atomic mass is 16.5. The molecule has 2 atom stereocenters. The Bertz CT molecular complexity index is 835. The monoisotopic (exact) mass is 379 g/mol. The van der Waals surface area contributed by atoms with Gasteiger partial charge in [-0.1, -0.05) is 56.3 Å². The molecule has 5 nitrogen and oxygen atoms in total. The van der Waals surface area contributed by atoms with Crippen molar-refractivity contribution in [1.82, 2.24) is 4.90 Å². The van der Waals surface area contributed by atoms with Crippen LogP contribution in [0.1, 0.15) is 46.5 Å². The van der Waals surface area contributed by atoms with Crippen LogP contribution in [0, 0.1) is 11.8 Å². The second kappa shape index (κ2) is 8.83. The molecule has 1 amide bonds. The average Bonchev–Trinajstić information content (AvgIpc) is 2.71. The van der Waals surface area contributed by atoms with E-state index in [0.29, 0.717) is 41.6 Å². The average molecular weight is 379 g/mol. The van der Waals surface area contributed by atoms with Crippen molar-refractivity contribution in [1.29, 1.82) is 0 Å². The van der Waals surface area contributed by atoms with Gasteiger partial charge in [0.25, 0.3) is 5.91 Å². The second-order valence-corrected chi connectivity index (χ2v) is 7.59. The summed E-state index contributed by atoms with van der Waals surface area (Å²) >= 11 is 0. The van der Waals surface area contributed by atoms with Crippen molar-refractivity contribution in [2.24, 2.45) is 11.8 Å². The first-order chi connectivity index (χ1) is 13.4. The number of rotatable bonds is 5. The minimum atomic E-state index is -0.565. The molecule has 5 heteroatoms. The Morgan fingerprint density at radius 2 is 1.39 bits per heavy atom. The number of likely N-dealkylation sites (tertiary alicyclic amines) is 1. The first-order valence-corrected chi connectivity index (χ1v) is 9.58. The van der Waals surface area contributed by atoms with Crippen molar-refractivity contribution in [2.75, 3.05) is 19.7 Å². The standard InChI is InChI=1S/C23H25NO4/c1-16-12-17(2)14-24(13-16)21(25)15-28-23(27)20-10-8-19(9-11-20)22(26)18-6-4-3-5-7-18/h3-11,16-17H,12-15H2,1-2H3/t16-,17-/m1/s1. The van der Waals surface area contributed by atoms with Gasteiger partial charge in [0, 0.05) is 24.2 Å². The highest BCUT2D eigenvalue weighted by molar-refractivity contribution is 6.09. The number of ketones is 1. The summed E-state index contributed by atoms with van der Waals surface area (Å²) in [6.45, 7) is 5.40. The molecule has 1 aliphatic heterocycles. The normalized spacial score (nSPS) is 19.1. The highest BCUT2D eigenvalue weighted by Gasteiger charge is 2.26. The lowest BCUT2D eigenvalue weighted by molar-refractivity contribution is -0.137. The quantitative estimate of drug-likeness (QED) is 0.588. The van der Waals surface area contributed by atoms with Gasteiger partial charge in [-0.2, -0.15) is 0 Å². The van der Waals surface area contributed by atoms with E-state index in [4.69, 9.17) is 4.74 Å². The molecule has 1 heterocycles. The number of ether oxygens (including phenoxy) is 1. The van der Waals surface area contributed by atoms with Crippen LogP contribution in [0.2, 0.25) is 0 Å². The van der Waals surface area contributed by atoms with Crippen LogP contribution in [0.4, 0.5) is 0 Å². The molecular formula is C23H25NO4. The fraction of sp³-hybridized carbons (Fsp3) is 0.348. The lowest BCUT2D eigenvalue weighted by Crippen LogP contribution is -2.44. The maximum absolute atomic E-state index is 12.4. The summed E-state index contributed by atoms with van der Waals surface area (Å²) in [5.74, 6) is 0.0769. The van der Waals surface area contributed by atoms with Gasteiger partial charge in [-0.25, -0.2) is 4.79 Å². The number of amides is 1. The van der Waals surface area contributed by atoms with Crippen LogP contribution in [-0.4, -0.2) is 42.3 Å². The van der Waals surface area contributed by atoms with Crippen molar-refractivity contribution < 1.29 is 19.1 Å².